The molecule has 2 aromatic rings. The molecule has 0 bridgehead atoms. The van der Waals surface area contributed by atoms with Crippen molar-refractivity contribution in [2.24, 2.45) is 0 Å². The molecule has 0 spiro atoms. The average Bonchev–Trinajstić information content (AvgIpc) is 2.38. The predicted octanol–water partition coefficient (Wildman–Crippen LogP) is 5.19. The molecule has 0 fully saturated rings. The molecule has 0 heterocycles. The number of alkyl halides is 3. The Kier molecular flexibility index (Phi) is 4.09. The van der Waals surface area contributed by atoms with Gasteiger partial charge in [-0.3, -0.25) is 0 Å². The Balaban J connectivity index is 2.43. The second kappa shape index (κ2) is 5.63. The van der Waals surface area contributed by atoms with E-state index in [0.717, 1.165) is 6.07 Å². The van der Waals surface area contributed by atoms with Gasteiger partial charge in [0.1, 0.15) is 5.75 Å². The topological polar surface area (TPSA) is 21.3 Å². The van der Waals surface area contributed by atoms with Gasteiger partial charge in [0.15, 0.2) is 5.75 Å². The van der Waals surface area contributed by atoms with Crippen molar-refractivity contribution in [1.29, 1.82) is 0 Å². The Bertz CT molecular complexity index is 614. The first-order valence-electron chi connectivity index (χ1n) is 5.73. The number of para-hydroxylation sites is 1. The van der Waals surface area contributed by atoms with Crippen LogP contribution in [0.5, 0.6) is 11.5 Å². The van der Waals surface area contributed by atoms with Crippen molar-refractivity contribution in [3.63, 3.8) is 0 Å². The fourth-order valence-electron chi connectivity index (χ4n) is 1.70. The van der Waals surface area contributed by atoms with Gasteiger partial charge in [0, 0.05) is 18.1 Å². The Labute approximate surface area is 119 Å². The van der Waals surface area contributed by atoms with E-state index in [0.29, 0.717) is 10.7 Å². The third-order valence-corrected chi connectivity index (χ3v) is 2.86. The summed E-state index contributed by atoms with van der Waals surface area (Å²) in [5.74, 6) is -0.0320. The SMILES string of the molecule is CNc1ccc(Cl)cc1Oc1ccccc1C(F)(F)F. The predicted molar refractivity (Wildman–Crippen MR) is 72.5 cm³/mol. The maximum atomic E-state index is 12.9. The number of hydrogen-bond donors (Lipinski definition) is 1. The number of anilines is 1. The summed E-state index contributed by atoms with van der Waals surface area (Å²) in [5, 5.41) is 3.21. The lowest BCUT2D eigenvalue weighted by molar-refractivity contribution is -0.138. The van der Waals surface area contributed by atoms with E-state index in [4.69, 9.17) is 16.3 Å². The molecule has 106 valence electrons. The van der Waals surface area contributed by atoms with Crippen molar-refractivity contribution >= 4 is 17.3 Å². The number of halogens is 4. The molecular weight excluding hydrogens is 291 g/mol. The molecule has 6 heteroatoms. The van der Waals surface area contributed by atoms with Crippen molar-refractivity contribution in [3.8, 4) is 11.5 Å². The lowest BCUT2D eigenvalue weighted by atomic mass is 10.2. The maximum Gasteiger partial charge on any atom is 0.419 e. The van der Waals surface area contributed by atoms with Gasteiger partial charge >= 0.3 is 6.18 Å². The van der Waals surface area contributed by atoms with Crippen molar-refractivity contribution in [2.45, 2.75) is 6.18 Å². The van der Waals surface area contributed by atoms with E-state index >= 15 is 0 Å². The molecule has 0 aliphatic carbocycles. The highest BCUT2D eigenvalue weighted by Crippen LogP contribution is 2.40. The molecule has 0 unspecified atom stereocenters. The molecule has 0 aromatic heterocycles. The van der Waals surface area contributed by atoms with Crippen LogP contribution in [-0.2, 0) is 6.18 Å². The van der Waals surface area contributed by atoms with Gasteiger partial charge in [-0.05, 0) is 24.3 Å². The number of nitrogens with one attached hydrogen (secondary N) is 1. The monoisotopic (exact) mass is 301 g/mol. The summed E-state index contributed by atoms with van der Waals surface area (Å²) in [6, 6.07) is 9.74. The standard InChI is InChI=1S/C14H11ClF3NO/c1-19-11-7-6-9(15)8-13(11)20-12-5-3-2-4-10(12)14(16,17)18/h2-8,19H,1H3. The Morgan fingerprint density at radius 1 is 1.05 bits per heavy atom. The lowest BCUT2D eigenvalue weighted by Gasteiger charge is -2.15. The molecule has 0 aliphatic rings. The highest BCUT2D eigenvalue weighted by molar-refractivity contribution is 6.30. The molecule has 0 radical (unpaired) electrons. The molecular formula is C14H11ClF3NO. The summed E-state index contributed by atoms with van der Waals surface area (Å²) >= 11 is 5.84. The van der Waals surface area contributed by atoms with Crippen LogP contribution in [0.25, 0.3) is 0 Å². The largest absolute Gasteiger partial charge is 0.455 e. The molecule has 0 saturated heterocycles. The minimum Gasteiger partial charge on any atom is -0.455 e. The zero-order valence-electron chi connectivity index (χ0n) is 10.5. The van der Waals surface area contributed by atoms with Crippen molar-refractivity contribution in [2.75, 3.05) is 12.4 Å². The van der Waals surface area contributed by atoms with Crippen LogP contribution in [0.1, 0.15) is 5.56 Å². The van der Waals surface area contributed by atoms with Gasteiger partial charge in [0.05, 0.1) is 11.3 Å². The fraction of sp³-hybridized carbons (Fsp3) is 0.143. The Hall–Kier alpha value is -1.88. The molecule has 0 atom stereocenters. The van der Waals surface area contributed by atoms with Crippen LogP contribution in [0.3, 0.4) is 0 Å². The molecule has 0 aliphatic heterocycles. The third kappa shape index (κ3) is 3.17. The number of benzene rings is 2. The van der Waals surface area contributed by atoms with Gasteiger partial charge in [0.2, 0.25) is 0 Å². The van der Waals surface area contributed by atoms with E-state index in [2.05, 4.69) is 5.32 Å². The molecule has 1 N–H and O–H groups in total. The third-order valence-electron chi connectivity index (χ3n) is 2.63. The van der Waals surface area contributed by atoms with E-state index in [1.807, 2.05) is 0 Å². The summed E-state index contributed by atoms with van der Waals surface area (Å²) < 4.78 is 44.0. The molecule has 20 heavy (non-hydrogen) atoms. The molecule has 0 amide bonds. The quantitative estimate of drug-likeness (QED) is 0.842. The molecule has 0 saturated carbocycles. The van der Waals surface area contributed by atoms with Crippen LogP contribution < -0.4 is 10.1 Å². The maximum absolute atomic E-state index is 12.9. The van der Waals surface area contributed by atoms with Crippen molar-refractivity contribution in [1.82, 2.24) is 0 Å². The van der Waals surface area contributed by atoms with E-state index in [-0.39, 0.29) is 11.5 Å². The second-order valence-electron chi connectivity index (χ2n) is 3.99. The molecule has 2 nitrogen and oxygen atoms in total. The van der Waals surface area contributed by atoms with Crippen molar-refractivity contribution in [3.05, 3.63) is 53.1 Å². The van der Waals surface area contributed by atoms with Crippen LogP contribution in [-0.4, -0.2) is 7.05 Å². The number of ether oxygens (including phenoxy) is 1. The Morgan fingerprint density at radius 3 is 2.40 bits per heavy atom. The van der Waals surface area contributed by atoms with E-state index in [1.165, 1.54) is 24.3 Å². The van der Waals surface area contributed by atoms with Gasteiger partial charge in [-0.2, -0.15) is 13.2 Å². The van der Waals surface area contributed by atoms with E-state index in [1.54, 1.807) is 19.2 Å². The van der Waals surface area contributed by atoms with Crippen LogP contribution in [0.15, 0.2) is 42.5 Å². The summed E-state index contributed by atoms with van der Waals surface area (Å²) in [5.41, 5.74) is -0.284. The molecule has 2 aromatic carbocycles. The summed E-state index contributed by atoms with van der Waals surface area (Å²) in [7, 11) is 1.64. The summed E-state index contributed by atoms with van der Waals surface area (Å²) in [4.78, 5) is 0. The summed E-state index contributed by atoms with van der Waals surface area (Å²) in [6.07, 6.45) is -4.48. The first-order valence-corrected chi connectivity index (χ1v) is 6.11. The summed E-state index contributed by atoms with van der Waals surface area (Å²) in [6.45, 7) is 0. The smallest absolute Gasteiger partial charge is 0.419 e. The average molecular weight is 302 g/mol. The Morgan fingerprint density at radius 2 is 1.75 bits per heavy atom. The minimum absolute atomic E-state index is 0.233. The van der Waals surface area contributed by atoms with Crippen LogP contribution in [0.4, 0.5) is 18.9 Å². The van der Waals surface area contributed by atoms with Crippen LogP contribution in [0.2, 0.25) is 5.02 Å². The second-order valence-corrected chi connectivity index (χ2v) is 4.42. The van der Waals surface area contributed by atoms with Crippen LogP contribution in [0, 0.1) is 0 Å². The van der Waals surface area contributed by atoms with Crippen LogP contribution >= 0.6 is 11.6 Å². The minimum atomic E-state index is -4.48. The van der Waals surface area contributed by atoms with Gasteiger partial charge < -0.3 is 10.1 Å². The van der Waals surface area contributed by atoms with Gasteiger partial charge in [0.25, 0.3) is 0 Å². The van der Waals surface area contributed by atoms with E-state index < -0.39 is 11.7 Å². The highest BCUT2D eigenvalue weighted by atomic mass is 35.5. The lowest BCUT2D eigenvalue weighted by Crippen LogP contribution is -2.07. The normalized spacial score (nSPS) is 11.2. The van der Waals surface area contributed by atoms with Crippen molar-refractivity contribution < 1.29 is 17.9 Å². The number of hydrogen-bond acceptors (Lipinski definition) is 2. The number of rotatable bonds is 3. The zero-order valence-corrected chi connectivity index (χ0v) is 11.2. The zero-order chi connectivity index (χ0) is 14.8. The first kappa shape index (κ1) is 14.5. The van der Waals surface area contributed by atoms with Gasteiger partial charge in [-0.1, -0.05) is 23.7 Å². The fourth-order valence-corrected chi connectivity index (χ4v) is 1.86. The van der Waals surface area contributed by atoms with Gasteiger partial charge in [-0.25, -0.2) is 0 Å². The van der Waals surface area contributed by atoms with Gasteiger partial charge in [-0.15, -0.1) is 0 Å². The first-order chi connectivity index (χ1) is 9.41. The molecule has 2 rings (SSSR count). The van der Waals surface area contributed by atoms with E-state index in [9.17, 15) is 13.2 Å². The highest BCUT2D eigenvalue weighted by Gasteiger charge is 2.34.